The Hall–Kier alpha value is -2.93. The number of aromatic nitrogens is 4. The van der Waals surface area contributed by atoms with E-state index in [0.29, 0.717) is 17.3 Å². The molecule has 4 rings (SSSR count). The van der Waals surface area contributed by atoms with E-state index in [9.17, 15) is 9.90 Å². The third kappa shape index (κ3) is 2.90. The van der Waals surface area contributed by atoms with Crippen LogP contribution in [0.5, 0.6) is 0 Å². The summed E-state index contributed by atoms with van der Waals surface area (Å²) in [6, 6.07) is 10.3. The summed E-state index contributed by atoms with van der Waals surface area (Å²) in [5, 5.41) is 14.2. The molecule has 0 amide bonds. The third-order valence-corrected chi connectivity index (χ3v) is 4.97. The fourth-order valence-corrected chi connectivity index (χ4v) is 3.67. The lowest BCUT2D eigenvalue weighted by Gasteiger charge is -2.15. The number of aliphatic hydroxyl groups excluding tert-OH is 1. The molecule has 1 aromatic carbocycles. The van der Waals surface area contributed by atoms with Gasteiger partial charge in [-0.05, 0) is 11.5 Å². The molecule has 1 aliphatic heterocycles. The van der Waals surface area contributed by atoms with E-state index in [4.69, 9.17) is 0 Å². The standard InChI is InChI=1S/C19H21N5O2/c1-12-9-23(10-14-6-4-3-5-7-14)11-15(12)17-21-19(26)16-8-20-18(13(2)25)24(16)22-17/h3-8,12,15,25H,2,9-11H2,1H3,(H,21,22,26). The third-order valence-electron chi connectivity index (χ3n) is 4.97. The normalized spacial score (nSPS) is 20.7. The molecule has 2 atom stereocenters. The number of likely N-dealkylation sites (tertiary alicyclic amines) is 1. The number of imidazole rings is 1. The van der Waals surface area contributed by atoms with Crippen LogP contribution in [0.15, 0.2) is 47.9 Å². The van der Waals surface area contributed by atoms with Crippen molar-refractivity contribution in [3.05, 3.63) is 70.7 Å². The first-order chi connectivity index (χ1) is 12.5. The molecular formula is C19H21N5O2. The van der Waals surface area contributed by atoms with Crippen molar-refractivity contribution in [1.82, 2.24) is 24.5 Å². The van der Waals surface area contributed by atoms with Crippen LogP contribution < -0.4 is 5.56 Å². The first-order valence-corrected chi connectivity index (χ1v) is 8.65. The molecule has 1 saturated heterocycles. The lowest BCUT2D eigenvalue weighted by atomic mass is 9.98. The number of aliphatic hydroxyl groups is 1. The zero-order chi connectivity index (χ0) is 18.3. The summed E-state index contributed by atoms with van der Waals surface area (Å²) in [7, 11) is 0. The Kier molecular flexibility index (Phi) is 4.08. The van der Waals surface area contributed by atoms with Crippen molar-refractivity contribution >= 4 is 11.3 Å². The van der Waals surface area contributed by atoms with Gasteiger partial charge in [-0.3, -0.25) is 9.69 Å². The monoisotopic (exact) mass is 351 g/mol. The number of hydrogen-bond acceptors (Lipinski definition) is 5. The highest BCUT2D eigenvalue weighted by Gasteiger charge is 2.33. The molecule has 3 aromatic rings. The molecule has 134 valence electrons. The first kappa shape index (κ1) is 16.5. The van der Waals surface area contributed by atoms with Gasteiger partial charge in [-0.2, -0.15) is 5.10 Å². The molecule has 26 heavy (non-hydrogen) atoms. The predicted octanol–water partition coefficient (Wildman–Crippen LogP) is 2.18. The SMILES string of the molecule is C=C(O)c1ncc2c(=O)[nH]c(C3CN(Cc4ccccc4)CC3C)nn12. The van der Waals surface area contributed by atoms with Gasteiger partial charge in [0.1, 0.15) is 5.82 Å². The molecular weight excluding hydrogens is 330 g/mol. The summed E-state index contributed by atoms with van der Waals surface area (Å²) in [6.07, 6.45) is 1.39. The van der Waals surface area contributed by atoms with Crippen molar-refractivity contribution in [1.29, 1.82) is 0 Å². The van der Waals surface area contributed by atoms with E-state index < -0.39 is 0 Å². The number of rotatable bonds is 4. The van der Waals surface area contributed by atoms with Gasteiger partial charge in [0.05, 0.1) is 6.20 Å². The van der Waals surface area contributed by atoms with Crippen LogP contribution in [0.2, 0.25) is 0 Å². The number of aromatic amines is 1. The molecule has 2 unspecified atom stereocenters. The van der Waals surface area contributed by atoms with Crippen LogP contribution in [0.25, 0.3) is 11.3 Å². The van der Waals surface area contributed by atoms with Crippen LogP contribution in [-0.4, -0.2) is 42.7 Å². The van der Waals surface area contributed by atoms with Gasteiger partial charge in [0, 0.05) is 25.6 Å². The van der Waals surface area contributed by atoms with Crippen LogP contribution in [0.3, 0.4) is 0 Å². The molecule has 2 N–H and O–H groups in total. The summed E-state index contributed by atoms with van der Waals surface area (Å²) in [5.41, 5.74) is 1.31. The lowest BCUT2D eigenvalue weighted by molar-refractivity contribution is 0.318. The molecule has 7 heteroatoms. The maximum absolute atomic E-state index is 12.4. The Balaban J connectivity index is 1.64. The number of H-pyrrole nitrogens is 1. The number of benzene rings is 1. The molecule has 7 nitrogen and oxygen atoms in total. The maximum atomic E-state index is 12.4. The van der Waals surface area contributed by atoms with Crippen molar-refractivity contribution in [3.63, 3.8) is 0 Å². The quantitative estimate of drug-likeness (QED) is 0.704. The van der Waals surface area contributed by atoms with Gasteiger partial charge in [0.15, 0.2) is 17.1 Å². The van der Waals surface area contributed by atoms with E-state index in [1.165, 1.54) is 16.3 Å². The van der Waals surface area contributed by atoms with Crippen LogP contribution in [0, 0.1) is 5.92 Å². The molecule has 0 saturated carbocycles. The van der Waals surface area contributed by atoms with E-state index in [1.807, 2.05) is 18.2 Å². The number of nitrogens with zero attached hydrogens (tertiary/aromatic N) is 4. The van der Waals surface area contributed by atoms with Gasteiger partial charge in [-0.25, -0.2) is 9.50 Å². The van der Waals surface area contributed by atoms with Gasteiger partial charge >= 0.3 is 0 Å². The van der Waals surface area contributed by atoms with Crippen LogP contribution >= 0.6 is 0 Å². The van der Waals surface area contributed by atoms with Crippen molar-refractivity contribution in [2.45, 2.75) is 19.4 Å². The second kappa shape index (κ2) is 6.42. The molecule has 2 aromatic heterocycles. The highest BCUT2D eigenvalue weighted by Crippen LogP contribution is 2.31. The van der Waals surface area contributed by atoms with E-state index >= 15 is 0 Å². The van der Waals surface area contributed by atoms with E-state index in [2.05, 4.69) is 45.6 Å². The second-order valence-corrected chi connectivity index (χ2v) is 6.93. The highest BCUT2D eigenvalue weighted by atomic mass is 16.3. The zero-order valence-electron chi connectivity index (χ0n) is 14.6. The molecule has 0 aliphatic carbocycles. The molecule has 0 spiro atoms. The molecule has 3 heterocycles. The minimum absolute atomic E-state index is 0.109. The van der Waals surface area contributed by atoms with Crippen molar-refractivity contribution in [3.8, 4) is 0 Å². The fourth-order valence-electron chi connectivity index (χ4n) is 3.67. The Morgan fingerprint density at radius 1 is 1.35 bits per heavy atom. The van der Waals surface area contributed by atoms with Gasteiger partial charge in [0.2, 0.25) is 0 Å². The van der Waals surface area contributed by atoms with Crippen LogP contribution in [0.1, 0.15) is 30.1 Å². The Morgan fingerprint density at radius 2 is 2.12 bits per heavy atom. The molecule has 0 radical (unpaired) electrons. The summed E-state index contributed by atoms with van der Waals surface area (Å²) < 4.78 is 1.38. The first-order valence-electron chi connectivity index (χ1n) is 8.65. The largest absolute Gasteiger partial charge is 0.505 e. The number of hydrogen-bond donors (Lipinski definition) is 2. The average Bonchev–Trinajstić information content (AvgIpc) is 3.19. The minimum atomic E-state index is -0.260. The lowest BCUT2D eigenvalue weighted by Crippen LogP contribution is -2.23. The van der Waals surface area contributed by atoms with Crippen molar-refractivity contribution < 1.29 is 5.11 Å². The Bertz CT molecular complexity index is 1010. The van der Waals surface area contributed by atoms with Gasteiger partial charge < -0.3 is 10.1 Å². The topological polar surface area (TPSA) is 86.5 Å². The fraction of sp³-hybridized carbons (Fsp3) is 0.316. The summed E-state index contributed by atoms with van der Waals surface area (Å²) >= 11 is 0. The van der Waals surface area contributed by atoms with E-state index in [1.54, 1.807) is 0 Å². The van der Waals surface area contributed by atoms with E-state index in [0.717, 1.165) is 19.6 Å². The molecule has 1 aliphatic rings. The smallest absolute Gasteiger partial charge is 0.276 e. The van der Waals surface area contributed by atoms with Crippen molar-refractivity contribution in [2.75, 3.05) is 13.1 Å². The maximum Gasteiger partial charge on any atom is 0.276 e. The Labute approximate surface area is 150 Å². The summed E-state index contributed by atoms with van der Waals surface area (Å²) in [6.45, 7) is 8.28. The number of fused-ring (bicyclic) bond motifs is 1. The second-order valence-electron chi connectivity index (χ2n) is 6.93. The summed E-state index contributed by atoms with van der Waals surface area (Å²) in [5.74, 6) is 1.06. The van der Waals surface area contributed by atoms with Crippen LogP contribution in [-0.2, 0) is 6.54 Å². The number of nitrogens with one attached hydrogen (secondary N) is 1. The van der Waals surface area contributed by atoms with Gasteiger partial charge in [0.25, 0.3) is 5.56 Å². The summed E-state index contributed by atoms with van der Waals surface area (Å²) in [4.78, 5) is 21.7. The molecule has 0 bridgehead atoms. The van der Waals surface area contributed by atoms with Crippen molar-refractivity contribution in [2.24, 2.45) is 5.92 Å². The van der Waals surface area contributed by atoms with E-state index in [-0.39, 0.29) is 23.1 Å². The zero-order valence-corrected chi connectivity index (χ0v) is 14.6. The minimum Gasteiger partial charge on any atom is -0.505 e. The predicted molar refractivity (Wildman–Crippen MR) is 98.9 cm³/mol. The van der Waals surface area contributed by atoms with Crippen LogP contribution in [0.4, 0.5) is 0 Å². The highest BCUT2D eigenvalue weighted by molar-refractivity contribution is 5.55. The molecule has 1 fully saturated rings. The average molecular weight is 351 g/mol. The Morgan fingerprint density at radius 3 is 2.85 bits per heavy atom. The van der Waals surface area contributed by atoms with Gasteiger partial charge in [-0.1, -0.05) is 43.8 Å². The van der Waals surface area contributed by atoms with Gasteiger partial charge in [-0.15, -0.1) is 0 Å².